The van der Waals surface area contributed by atoms with Crippen LogP contribution in [-0.2, 0) is 25.7 Å². The Labute approximate surface area is 222 Å². The van der Waals surface area contributed by atoms with Gasteiger partial charge in [0.1, 0.15) is 11.9 Å². The largest absolute Gasteiger partial charge is 0.484 e. The van der Waals surface area contributed by atoms with Crippen LogP contribution < -0.4 is 19.7 Å². The van der Waals surface area contributed by atoms with Crippen LogP contribution in [-0.4, -0.2) is 56.4 Å². The molecule has 2 N–H and O–H groups in total. The number of fused-ring (bicyclic) bond motifs is 1. The maximum atomic E-state index is 13.6. The Kier molecular flexibility index (Phi) is 8.04. The molecular formula is C21H22F6N4O6S2. The Bertz CT molecular complexity index is 1370. The van der Waals surface area contributed by atoms with Crippen molar-refractivity contribution in [2.24, 2.45) is 0 Å². The molecule has 0 radical (unpaired) electrons. The summed E-state index contributed by atoms with van der Waals surface area (Å²) in [5, 5.41) is 4.29. The highest BCUT2D eigenvalue weighted by Gasteiger charge is 2.51. The first-order valence-corrected chi connectivity index (χ1v) is 13.2. The Balaban J connectivity index is 2.04. The summed E-state index contributed by atoms with van der Waals surface area (Å²) >= 11 is 0.292. The van der Waals surface area contributed by atoms with E-state index in [2.05, 4.69) is 15.0 Å². The number of benzene rings is 1. The molecule has 0 saturated heterocycles. The van der Waals surface area contributed by atoms with Gasteiger partial charge < -0.3 is 14.8 Å². The third-order valence-electron chi connectivity index (χ3n) is 5.24. The van der Waals surface area contributed by atoms with Crippen LogP contribution in [0.15, 0.2) is 22.4 Å². The molecule has 10 nitrogen and oxygen atoms in total. The van der Waals surface area contributed by atoms with Crippen LogP contribution in [0, 0.1) is 6.92 Å². The zero-order valence-corrected chi connectivity index (χ0v) is 22.3. The number of nitrogens with zero attached hydrogens (tertiary/aromatic N) is 2. The predicted molar refractivity (Wildman–Crippen MR) is 126 cm³/mol. The van der Waals surface area contributed by atoms with E-state index in [4.69, 9.17) is 4.74 Å². The van der Waals surface area contributed by atoms with E-state index in [1.54, 1.807) is 0 Å². The summed E-state index contributed by atoms with van der Waals surface area (Å²) in [6, 6.07) is 3.31. The van der Waals surface area contributed by atoms with Gasteiger partial charge in [0.05, 0.1) is 23.8 Å². The molecule has 0 fully saturated rings. The van der Waals surface area contributed by atoms with Gasteiger partial charge in [0.25, 0.3) is 10.0 Å². The highest BCUT2D eigenvalue weighted by atomic mass is 32.2. The van der Waals surface area contributed by atoms with Gasteiger partial charge in [0.2, 0.25) is 11.5 Å². The number of carbonyl (C=O) groups is 2. The normalized spacial score (nSPS) is 16.3. The van der Waals surface area contributed by atoms with Gasteiger partial charge in [0.15, 0.2) is 9.90 Å². The number of alkyl halides is 6. The van der Waals surface area contributed by atoms with Gasteiger partial charge >= 0.3 is 18.4 Å². The molecule has 0 saturated carbocycles. The first-order chi connectivity index (χ1) is 17.7. The molecule has 0 bridgehead atoms. The van der Waals surface area contributed by atoms with E-state index < -0.39 is 62.5 Å². The van der Waals surface area contributed by atoms with Crippen LogP contribution in [0.25, 0.3) is 0 Å². The fraction of sp³-hybridized carbons (Fsp3) is 0.476. The highest BCUT2D eigenvalue weighted by Crippen LogP contribution is 2.43. The van der Waals surface area contributed by atoms with E-state index in [0.29, 0.717) is 29.5 Å². The third kappa shape index (κ3) is 6.66. The number of amides is 2. The molecule has 2 aromatic rings. The molecule has 1 aliphatic heterocycles. The summed E-state index contributed by atoms with van der Waals surface area (Å²) in [5.74, 6) is -0.624. The van der Waals surface area contributed by atoms with E-state index in [9.17, 15) is 44.3 Å². The number of aromatic nitrogens is 1. The second kappa shape index (κ2) is 10.4. The smallest absolute Gasteiger partial charge is 0.435 e. The number of aryl methyl sites for hydroxylation is 1. The topological polar surface area (TPSA) is 127 Å². The van der Waals surface area contributed by atoms with Crippen molar-refractivity contribution in [3.63, 3.8) is 0 Å². The molecule has 0 spiro atoms. The molecule has 1 aliphatic rings. The summed E-state index contributed by atoms with van der Waals surface area (Å²) in [5.41, 5.74) is -5.04. The van der Waals surface area contributed by atoms with Gasteiger partial charge in [-0.3, -0.25) is 14.4 Å². The number of hydrogen-bond donors (Lipinski definition) is 2. The molecule has 1 aromatic carbocycles. The van der Waals surface area contributed by atoms with Gasteiger partial charge in [-0.05, 0) is 39.0 Å². The average Bonchev–Trinajstić information content (AvgIpc) is 3.19. The standard InChI is InChI=1S/C21H22F6N4O6S2/c1-10(32)28-8-13-9-31(39(34,35)17-16(20(22,23)24)29-11(2)38-17)14-7-12(5-6-15(14)36-13)30-18(33)37-19(3,4)21(25,26)27/h5-7,13H,8-9H2,1-4H3,(H,28,32)(H,30,33)/t13-/m0/s1. The first-order valence-electron chi connectivity index (χ1n) is 10.9. The van der Waals surface area contributed by atoms with Gasteiger partial charge in [-0.2, -0.15) is 26.3 Å². The molecule has 3 rings (SSSR count). The summed E-state index contributed by atoms with van der Waals surface area (Å²) in [4.78, 5) is 26.8. The van der Waals surface area contributed by atoms with Gasteiger partial charge in [0, 0.05) is 12.6 Å². The predicted octanol–water partition coefficient (Wildman–Crippen LogP) is 4.45. The van der Waals surface area contributed by atoms with E-state index >= 15 is 0 Å². The minimum absolute atomic E-state index is 0.149. The third-order valence-corrected chi connectivity index (χ3v) is 8.48. The number of rotatable bonds is 6. The number of thiazole rings is 1. The van der Waals surface area contributed by atoms with Crippen molar-refractivity contribution in [1.82, 2.24) is 10.3 Å². The van der Waals surface area contributed by atoms with Crippen molar-refractivity contribution in [1.29, 1.82) is 0 Å². The summed E-state index contributed by atoms with van der Waals surface area (Å²) in [7, 11) is -4.95. The number of nitrogens with one attached hydrogen (secondary N) is 2. The summed E-state index contributed by atoms with van der Waals surface area (Å²) in [6.07, 6.45) is -12.6. The van der Waals surface area contributed by atoms with Crippen LogP contribution in [0.5, 0.6) is 5.75 Å². The second-order valence-electron chi connectivity index (χ2n) is 8.78. The number of sulfonamides is 1. The molecule has 2 amide bonds. The molecule has 0 unspecified atom stereocenters. The minimum Gasteiger partial charge on any atom is -0.484 e. The molecule has 39 heavy (non-hydrogen) atoms. The van der Waals surface area contributed by atoms with Crippen molar-refractivity contribution in [3.05, 3.63) is 28.9 Å². The zero-order valence-electron chi connectivity index (χ0n) is 20.7. The maximum Gasteiger partial charge on any atom is 0.435 e. The number of ether oxygens (including phenoxy) is 2. The Morgan fingerprint density at radius 3 is 2.41 bits per heavy atom. The average molecular weight is 605 g/mol. The highest BCUT2D eigenvalue weighted by molar-refractivity contribution is 7.94. The lowest BCUT2D eigenvalue weighted by atomic mass is 10.1. The molecule has 216 valence electrons. The zero-order chi connectivity index (χ0) is 29.6. The molecule has 0 aliphatic carbocycles. The number of anilines is 2. The number of carbonyl (C=O) groups excluding carboxylic acids is 2. The van der Waals surface area contributed by atoms with Crippen molar-refractivity contribution in [2.75, 3.05) is 22.7 Å². The lowest BCUT2D eigenvalue weighted by Crippen LogP contribution is -2.48. The van der Waals surface area contributed by atoms with Crippen LogP contribution in [0.1, 0.15) is 31.5 Å². The minimum atomic E-state index is -5.10. The Morgan fingerprint density at radius 2 is 1.85 bits per heavy atom. The number of halogens is 6. The van der Waals surface area contributed by atoms with Crippen LogP contribution in [0.2, 0.25) is 0 Å². The van der Waals surface area contributed by atoms with E-state index in [0.717, 1.165) is 18.2 Å². The van der Waals surface area contributed by atoms with E-state index in [-0.39, 0.29) is 28.7 Å². The molecule has 2 heterocycles. The fourth-order valence-corrected chi connectivity index (χ4v) is 6.36. The fourth-order valence-electron chi connectivity index (χ4n) is 3.28. The SMILES string of the molecule is CC(=O)NC[C@H]1CN(S(=O)(=O)c2sc(C)nc2C(F)(F)F)c2cc(NC(=O)OC(C)(C)C(F)(F)F)ccc2O1. The van der Waals surface area contributed by atoms with Crippen molar-refractivity contribution >= 4 is 44.7 Å². The summed E-state index contributed by atoms with van der Waals surface area (Å²) < 4.78 is 117. The second-order valence-corrected chi connectivity index (χ2v) is 12.0. The Hall–Kier alpha value is -3.28. The molecule has 18 heteroatoms. The lowest BCUT2D eigenvalue weighted by Gasteiger charge is -2.35. The van der Waals surface area contributed by atoms with Crippen molar-refractivity contribution in [3.8, 4) is 5.75 Å². The molecule has 1 atom stereocenters. The molecular weight excluding hydrogens is 582 g/mol. The van der Waals surface area contributed by atoms with Gasteiger partial charge in [-0.25, -0.2) is 18.2 Å². The molecule has 1 aromatic heterocycles. The van der Waals surface area contributed by atoms with E-state index in [1.807, 2.05) is 5.32 Å². The van der Waals surface area contributed by atoms with E-state index in [1.165, 1.54) is 13.8 Å². The van der Waals surface area contributed by atoms with Crippen LogP contribution in [0.4, 0.5) is 42.5 Å². The first kappa shape index (κ1) is 30.3. The Morgan fingerprint density at radius 1 is 1.21 bits per heavy atom. The quantitative estimate of drug-likeness (QED) is 0.467. The van der Waals surface area contributed by atoms with Gasteiger partial charge in [-0.1, -0.05) is 0 Å². The lowest BCUT2D eigenvalue weighted by molar-refractivity contribution is -0.242. The van der Waals surface area contributed by atoms with Gasteiger partial charge in [-0.15, -0.1) is 11.3 Å². The maximum absolute atomic E-state index is 13.6. The monoisotopic (exact) mass is 604 g/mol. The summed E-state index contributed by atoms with van der Waals surface area (Å²) in [6.45, 7) is 2.87. The van der Waals surface area contributed by atoms with Crippen molar-refractivity contribution < 1.29 is 53.8 Å². The number of hydrogen-bond acceptors (Lipinski definition) is 8. The van der Waals surface area contributed by atoms with Crippen molar-refractivity contribution in [2.45, 2.75) is 56.0 Å². The van der Waals surface area contributed by atoms with Crippen LogP contribution >= 0.6 is 11.3 Å². The van der Waals surface area contributed by atoms with Crippen LogP contribution in [0.3, 0.4) is 0 Å².